The zero-order valence-electron chi connectivity index (χ0n) is 12.4. The number of carbonyl (C=O) groups is 1. The van der Waals surface area contributed by atoms with E-state index in [1.165, 1.54) is 4.90 Å². The van der Waals surface area contributed by atoms with E-state index in [0.717, 1.165) is 18.9 Å². The second-order valence-corrected chi connectivity index (χ2v) is 5.31. The quantitative estimate of drug-likeness (QED) is 0.887. The first-order chi connectivity index (χ1) is 10.3. The summed E-state index contributed by atoms with van der Waals surface area (Å²) in [5.41, 5.74) is -1.04. The molecule has 1 fully saturated rings. The SMILES string of the molecule is CN(C)c1cc(C(F)(F)F)nc(NC2CCCCNC2=O)n1. The molecule has 22 heavy (non-hydrogen) atoms. The van der Waals surface area contributed by atoms with Crippen LogP contribution in [0.15, 0.2) is 6.07 Å². The normalized spacial score (nSPS) is 19.3. The summed E-state index contributed by atoms with van der Waals surface area (Å²) in [4.78, 5) is 20.8. The van der Waals surface area contributed by atoms with Crippen LogP contribution in [-0.4, -0.2) is 42.6 Å². The average Bonchev–Trinajstić information content (AvgIpc) is 2.63. The van der Waals surface area contributed by atoms with Crippen LogP contribution in [0.25, 0.3) is 0 Å². The van der Waals surface area contributed by atoms with Crippen LogP contribution in [-0.2, 0) is 11.0 Å². The summed E-state index contributed by atoms with van der Waals surface area (Å²) in [7, 11) is 3.18. The number of hydrogen-bond acceptors (Lipinski definition) is 5. The highest BCUT2D eigenvalue weighted by Gasteiger charge is 2.34. The van der Waals surface area contributed by atoms with Crippen molar-refractivity contribution in [3.8, 4) is 0 Å². The third-order valence-corrected chi connectivity index (χ3v) is 3.30. The molecule has 0 saturated carbocycles. The Morgan fingerprint density at radius 1 is 1.32 bits per heavy atom. The lowest BCUT2D eigenvalue weighted by molar-refractivity contribution is -0.141. The van der Waals surface area contributed by atoms with Gasteiger partial charge in [0.2, 0.25) is 11.9 Å². The Hall–Kier alpha value is -2.06. The van der Waals surface area contributed by atoms with Crippen LogP contribution in [0.2, 0.25) is 0 Å². The number of aromatic nitrogens is 2. The van der Waals surface area contributed by atoms with Crippen LogP contribution in [0.4, 0.5) is 24.9 Å². The highest BCUT2D eigenvalue weighted by Crippen LogP contribution is 2.30. The summed E-state index contributed by atoms with van der Waals surface area (Å²) in [5, 5.41) is 5.42. The molecular formula is C13H18F3N5O. The Morgan fingerprint density at radius 3 is 2.68 bits per heavy atom. The summed E-state index contributed by atoms with van der Waals surface area (Å²) >= 11 is 0. The van der Waals surface area contributed by atoms with Gasteiger partial charge < -0.3 is 15.5 Å². The second-order valence-electron chi connectivity index (χ2n) is 5.31. The number of rotatable bonds is 3. The van der Waals surface area contributed by atoms with E-state index < -0.39 is 17.9 Å². The summed E-state index contributed by atoms with van der Waals surface area (Å²) in [6, 6.07) is 0.249. The number of alkyl halides is 3. The average molecular weight is 317 g/mol. The van der Waals surface area contributed by atoms with Gasteiger partial charge in [0.25, 0.3) is 0 Å². The Labute approximate surface area is 126 Å². The van der Waals surface area contributed by atoms with Crippen LogP contribution in [0.3, 0.4) is 0 Å². The number of carbonyl (C=O) groups excluding carboxylic acids is 1. The Morgan fingerprint density at radius 2 is 2.05 bits per heavy atom. The van der Waals surface area contributed by atoms with Crippen molar-refractivity contribution in [3.63, 3.8) is 0 Å². The van der Waals surface area contributed by atoms with Crippen molar-refractivity contribution in [3.05, 3.63) is 11.8 Å². The first-order valence-electron chi connectivity index (χ1n) is 6.95. The molecule has 1 aliphatic rings. The third-order valence-electron chi connectivity index (χ3n) is 3.30. The molecule has 1 aliphatic heterocycles. The van der Waals surface area contributed by atoms with Gasteiger partial charge in [0.1, 0.15) is 11.9 Å². The van der Waals surface area contributed by atoms with Gasteiger partial charge in [-0.25, -0.2) is 4.98 Å². The molecule has 0 aliphatic carbocycles. The molecule has 1 atom stereocenters. The molecule has 1 unspecified atom stereocenters. The highest BCUT2D eigenvalue weighted by molar-refractivity contribution is 5.84. The van der Waals surface area contributed by atoms with Gasteiger partial charge in [-0.1, -0.05) is 0 Å². The zero-order valence-corrected chi connectivity index (χ0v) is 12.4. The zero-order chi connectivity index (χ0) is 16.3. The Bertz CT molecular complexity index is 547. The predicted molar refractivity (Wildman–Crippen MR) is 75.6 cm³/mol. The smallest absolute Gasteiger partial charge is 0.363 e. The molecule has 0 bridgehead atoms. The largest absolute Gasteiger partial charge is 0.433 e. The summed E-state index contributed by atoms with van der Waals surface area (Å²) in [5.74, 6) is -0.315. The number of hydrogen-bond donors (Lipinski definition) is 2. The number of anilines is 2. The molecule has 2 rings (SSSR count). The van der Waals surface area contributed by atoms with Gasteiger partial charge >= 0.3 is 6.18 Å². The van der Waals surface area contributed by atoms with E-state index in [1.807, 2.05) is 0 Å². The lowest BCUT2D eigenvalue weighted by Gasteiger charge is -2.19. The van der Waals surface area contributed by atoms with Gasteiger partial charge in [-0.05, 0) is 19.3 Å². The van der Waals surface area contributed by atoms with Crippen molar-refractivity contribution in [2.45, 2.75) is 31.5 Å². The van der Waals surface area contributed by atoms with Crippen molar-refractivity contribution in [1.29, 1.82) is 0 Å². The maximum atomic E-state index is 12.9. The van der Waals surface area contributed by atoms with E-state index >= 15 is 0 Å². The maximum absolute atomic E-state index is 12.9. The molecular weight excluding hydrogens is 299 g/mol. The molecule has 2 N–H and O–H groups in total. The van der Waals surface area contributed by atoms with Gasteiger partial charge in [0, 0.05) is 26.7 Å². The van der Waals surface area contributed by atoms with E-state index in [2.05, 4.69) is 20.6 Å². The van der Waals surface area contributed by atoms with Gasteiger partial charge in [-0.2, -0.15) is 18.2 Å². The van der Waals surface area contributed by atoms with Gasteiger partial charge in [-0.15, -0.1) is 0 Å². The van der Waals surface area contributed by atoms with Gasteiger partial charge in [0.05, 0.1) is 0 Å². The first-order valence-corrected chi connectivity index (χ1v) is 6.95. The molecule has 9 heteroatoms. The molecule has 2 heterocycles. The van der Waals surface area contributed by atoms with Crippen molar-refractivity contribution >= 4 is 17.7 Å². The van der Waals surface area contributed by atoms with Crippen molar-refractivity contribution in [2.75, 3.05) is 30.9 Å². The van der Waals surface area contributed by atoms with E-state index in [1.54, 1.807) is 14.1 Å². The maximum Gasteiger partial charge on any atom is 0.433 e. The molecule has 6 nitrogen and oxygen atoms in total. The van der Waals surface area contributed by atoms with Crippen LogP contribution in [0.1, 0.15) is 25.0 Å². The third kappa shape index (κ3) is 3.99. The fourth-order valence-corrected chi connectivity index (χ4v) is 2.11. The molecule has 1 aromatic heterocycles. The summed E-state index contributed by atoms with van der Waals surface area (Å²) in [6.45, 7) is 0.573. The molecule has 0 radical (unpaired) electrons. The molecule has 1 aromatic rings. The topological polar surface area (TPSA) is 70.2 Å². The van der Waals surface area contributed by atoms with Gasteiger partial charge in [0.15, 0.2) is 5.69 Å². The minimum atomic E-state index is -4.57. The van der Waals surface area contributed by atoms with Crippen molar-refractivity contribution in [1.82, 2.24) is 15.3 Å². The Kier molecular flexibility index (Phi) is 4.72. The van der Waals surface area contributed by atoms with E-state index in [4.69, 9.17) is 0 Å². The number of amides is 1. The fourth-order valence-electron chi connectivity index (χ4n) is 2.11. The standard InChI is InChI=1S/C13H18F3N5O/c1-21(2)10-7-9(13(14,15)16)19-12(20-10)18-8-5-3-4-6-17-11(8)22/h7-8H,3-6H2,1-2H3,(H,17,22)(H,18,19,20). The first kappa shape index (κ1) is 16.3. The fraction of sp³-hybridized carbons (Fsp3) is 0.615. The summed E-state index contributed by atoms with van der Waals surface area (Å²) in [6.07, 6.45) is -2.40. The minimum absolute atomic E-state index is 0.124. The monoisotopic (exact) mass is 317 g/mol. The van der Waals surface area contributed by atoms with Crippen LogP contribution < -0.4 is 15.5 Å². The lowest BCUT2D eigenvalue weighted by Crippen LogP contribution is -2.38. The highest BCUT2D eigenvalue weighted by atomic mass is 19.4. The van der Waals surface area contributed by atoms with Crippen LogP contribution >= 0.6 is 0 Å². The van der Waals surface area contributed by atoms with Crippen LogP contribution in [0.5, 0.6) is 0 Å². The van der Waals surface area contributed by atoms with Crippen molar-refractivity contribution < 1.29 is 18.0 Å². The number of nitrogens with zero attached hydrogens (tertiary/aromatic N) is 3. The summed E-state index contributed by atoms with van der Waals surface area (Å²) < 4.78 is 38.7. The lowest BCUT2D eigenvalue weighted by atomic mass is 10.1. The molecule has 0 aromatic carbocycles. The van der Waals surface area contributed by atoms with E-state index in [0.29, 0.717) is 13.0 Å². The van der Waals surface area contributed by atoms with E-state index in [9.17, 15) is 18.0 Å². The van der Waals surface area contributed by atoms with E-state index in [-0.39, 0.29) is 17.7 Å². The molecule has 122 valence electrons. The van der Waals surface area contributed by atoms with Crippen LogP contribution in [0, 0.1) is 0 Å². The minimum Gasteiger partial charge on any atom is -0.363 e. The second kappa shape index (κ2) is 6.37. The Balaban J connectivity index is 2.29. The molecule has 1 amide bonds. The molecule has 0 spiro atoms. The van der Waals surface area contributed by atoms with Crippen molar-refractivity contribution in [2.24, 2.45) is 0 Å². The number of halogens is 3. The molecule has 1 saturated heterocycles. The predicted octanol–water partition coefficient (Wildman–Crippen LogP) is 1.64. The van der Waals surface area contributed by atoms with Gasteiger partial charge in [-0.3, -0.25) is 4.79 Å². The number of nitrogens with one attached hydrogen (secondary N) is 2.